The van der Waals surface area contributed by atoms with Crippen molar-refractivity contribution >= 4 is 23.2 Å². The van der Waals surface area contributed by atoms with Crippen LogP contribution in [0.2, 0.25) is 11.6 Å². The van der Waals surface area contributed by atoms with E-state index in [9.17, 15) is 0 Å². The molecule has 0 saturated heterocycles. The molecule has 2 saturated carbocycles. The molecule has 79 valence electrons. The van der Waals surface area contributed by atoms with E-state index < -0.39 is 0 Å². The highest BCUT2D eigenvalue weighted by atomic mass is 79.9. The Hall–Kier alpha value is 0.545. The van der Waals surface area contributed by atoms with Gasteiger partial charge in [0.25, 0.3) is 0 Å². The van der Waals surface area contributed by atoms with Gasteiger partial charge in [0.15, 0.2) is 0 Å². The molecule has 0 amide bonds. The quantitative estimate of drug-likeness (QED) is 0.501. The third-order valence-corrected chi connectivity index (χ3v) is 5.04. The molecule has 2 heteroatoms. The zero-order valence-corrected chi connectivity index (χ0v) is 10.6. The van der Waals surface area contributed by atoms with Gasteiger partial charge in [-0.1, -0.05) is 78.9 Å². The summed E-state index contributed by atoms with van der Waals surface area (Å²) in [6.07, 6.45) is 13.1. The Bertz CT molecular complexity index is 166. The zero-order chi connectivity index (χ0) is 9.80. The van der Waals surface area contributed by atoms with E-state index in [1.165, 1.54) is 57.8 Å². The highest BCUT2D eigenvalue weighted by molar-refractivity contribution is 9.09. The lowest BCUT2D eigenvalue weighted by Crippen LogP contribution is -2.23. The van der Waals surface area contributed by atoms with Crippen molar-refractivity contribution in [2.45, 2.75) is 74.2 Å². The highest BCUT2D eigenvalue weighted by Gasteiger charge is 2.27. The van der Waals surface area contributed by atoms with Crippen LogP contribution < -0.4 is 0 Å². The summed E-state index contributed by atoms with van der Waals surface area (Å²) in [4.78, 5) is 0.790. The lowest BCUT2D eigenvalue weighted by atomic mass is 9.48. The largest absolute Gasteiger partial charge is 0.119 e. The first kappa shape index (κ1) is 11.0. The topological polar surface area (TPSA) is 0 Å². The second-order valence-corrected chi connectivity index (χ2v) is 6.23. The van der Waals surface area contributed by atoms with Gasteiger partial charge in [-0.05, 0) is 6.42 Å². The Kier molecular flexibility index (Phi) is 4.40. The Morgan fingerprint density at radius 2 is 1.43 bits per heavy atom. The first-order chi connectivity index (χ1) is 6.86. The predicted molar refractivity (Wildman–Crippen MR) is 67.5 cm³/mol. The fourth-order valence-electron chi connectivity index (χ4n) is 3.01. The average molecular weight is 256 g/mol. The molecule has 0 N–H and O–H groups in total. The molecule has 14 heavy (non-hydrogen) atoms. The molecule has 2 atom stereocenters. The Morgan fingerprint density at radius 1 is 0.786 bits per heavy atom. The number of hydrogen-bond acceptors (Lipinski definition) is 0. The maximum atomic E-state index is 3.85. The van der Waals surface area contributed by atoms with E-state index in [1.54, 1.807) is 0 Å². The molecule has 0 aromatic rings. The van der Waals surface area contributed by atoms with Gasteiger partial charge in [0.05, 0.1) is 0 Å². The molecule has 1 radical (unpaired) electrons. The Morgan fingerprint density at radius 3 is 2.14 bits per heavy atom. The fourth-order valence-corrected chi connectivity index (χ4v) is 3.77. The van der Waals surface area contributed by atoms with Crippen LogP contribution in [0.15, 0.2) is 0 Å². The van der Waals surface area contributed by atoms with E-state index in [0.717, 1.165) is 16.5 Å². The third-order valence-electron chi connectivity index (χ3n) is 3.90. The van der Waals surface area contributed by atoms with Crippen molar-refractivity contribution in [3.8, 4) is 0 Å². The van der Waals surface area contributed by atoms with Gasteiger partial charge in [-0.15, -0.1) is 0 Å². The van der Waals surface area contributed by atoms with Crippen LogP contribution in [0.3, 0.4) is 0 Å². The standard InChI is InChI=1S/C12H21BBr/c14-12-9-5-4-8-11(12)13-10-6-2-1-3-7-10/h10-12H,1-9H2. The summed E-state index contributed by atoms with van der Waals surface area (Å²) in [7, 11) is 2.69. The van der Waals surface area contributed by atoms with Crippen molar-refractivity contribution in [2.24, 2.45) is 0 Å². The van der Waals surface area contributed by atoms with Gasteiger partial charge in [0, 0.05) is 4.83 Å². The van der Waals surface area contributed by atoms with Crippen molar-refractivity contribution in [1.82, 2.24) is 0 Å². The number of alkyl halides is 1. The second kappa shape index (κ2) is 5.58. The molecule has 2 rings (SSSR count). The maximum absolute atomic E-state index is 3.85. The van der Waals surface area contributed by atoms with Crippen molar-refractivity contribution < 1.29 is 0 Å². The number of rotatable bonds is 2. The van der Waals surface area contributed by atoms with Crippen LogP contribution in [-0.2, 0) is 0 Å². The van der Waals surface area contributed by atoms with Crippen molar-refractivity contribution in [1.29, 1.82) is 0 Å². The summed E-state index contributed by atoms with van der Waals surface area (Å²) in [5, 5.41) is 0. The average Bonchev–Trinajstić information content (AvgIpc) is 2.23. The fraction of sp³-hybridized carbons (Fsp3) is 1.00. The van der Waals surface area contributed by atoms with Crippen LogP contribution in [0.5, 0.6) is 0 Å². The lowest BCUT2D eigenvalue weighted by molar-refractivity contribution is 0.477. The van der Waals surface area contributed by atoms with Crippen molar-refractivity contribution in [3.05, 3.63) is 0 Å². The van der Waals surface area contributed by atoms with E-state index in [4.69, 9.17) is 0 Å². The predicted octanol–water partition coefficient (Wildman–Crippen LogP) is 4.57. The molecule has 0 aliphatic heterocycles. The van der Waals surface area contributed by atoms with Gasteiger partial charge < -0.3 is 0 Å². The molecule has 0 aromatic carbocycles. The molecule has 0 aromatic heterocycles. The van der Waals surface area contributed by atoms with Gasteiger partial charge in [0.2, 0.25) is 0 Å². The van der Waals surface area contributed by atoms with Crippen molar-refractivity contribution in [2.75, 3.05) is 0 Å². The maximum Gasteiger partial charge on any atom is 0.119 e. The number of halogens is 1. The van der Waals surface area contributed by atoms with E-state index in [1.807, 2.05) is 0 Å². The summed E-state index contributed by atoms with van der Waals surface area (Å²) in [5.41, 5.74) is 0. The molecular weight excluding hydrogens is 235 g/mol. The summed E-state index contributed by atoms with van der Waals surface area (Å²) in [5.74, 6) is 1.83. The van der Waals surface area contributed by atoms with Crippen LogP contribution in [0.4, 0.5) is 0 Å². The van der Waals surface area contributed by atoms with Crippen LogP contribution >= 0.6 is 15.9 Å². The molecule has 0 heterocycles. The van der Waals surface area contributed by atoms with E-state index in [2.05, 4.69) is 23.2 Å². The highest BCUT2D eigenvalue weighted by Crippen LogP contribution is 2.39. The number of hydrogen-bond donors (Lipinski definition) is 0. The smallest absolute Gasteiger partial charge is 0.0895 e. The van der Waals surface area contributed by atoms with Crippen LogP contribution in [0.1, 0.15) is 57.8 Å². The third kappa shape index (κ3) is 3.02. The first-order valence-electron chi connectivity index (χ1n) is 6.35. The SMILES string of the molecule is BrC1CCCCC1[B]C1CCCCC1. The summed E-state index contributed by atoms with van der Waals surface area (Å²) in [6.45, 7) is 0. The normalized spacial score (nSPS) is 35.5. The van der Waals surface area contributed by atoms with Gasteiger partial charge >= 0.3 is 0 Å². The monoisotopic (exact) mass is 255 g/mol. The molecular formula is C12H21BBr. The minimum absolute atomic E-state index is 0.790. The Balaban J connectivity index is 1.76. The molecule has 0 spiro atoms. The minimum atomic E-state index is 0.790. The van der Waals surface area contributed by atoms with Crippen molar-refractivity contribution in [3.63, 3.8) is 0 Å². The summed E-state index contributed by atoms with van der Waals surface area (Å²) < 4.78 is 0. The molecule has 2 aliphatic carbocycles. The van der Waals surface area contributed by atoms with Gasteiger partial charge in [0.1, 0.15) is 7.28 Å². The molecule has 2 fully saturated rings. The van der Waals surface area contributed by atoms with Crippen LogP contribution in [0, 0.1) is 0 Å². The van der Waals surface area contributed by atoms with Gasteiger partial charge in [-0.2, -0.15) is 0 Å². The zero-order valence-electron chi connectivity index (χ0n) is 9.05. The first-order valence-corrected chi connectivity index (χ1v) is 7.27. The van der Waals surface area contributed by atoms with E-state index in [-0.39, 0.29) is 0 Å². The Labute approximate surface area is 97.6 Å². The van der Waals surface area contributed by atoms with E-state index in [0.29, 0.717) is 0 Å². The van der Waals surface area contributed by atoms with Crippen LogP contribution in [0.25, 0.3) is 0 Å². The minimum Gasteiger partial charge on any atom is -0.0895 e. The molecule has 0 bridgehead atoms. The molecule has 2 aliphatic rings. The van der Waals surface area contributed by atoms with Crippen LogP contribution in [-0.4, -0.2) is 12.1 Å². The summed E-state index contributed by atoms with van der Waals surface area (Å²) >= 11 is 3.85. The molecule has 0 nitrogen and oxygen atoms in total. The molecule has 2 unspecified atom stereocenters. The summed E-state index contributed by atoms with van der Waals surface area (Å²) in [6, 6.07) is 0. The lowest BCUT2D eigenvalue weighted by Gasteiger charge is -2.31. The second-order valence-electron chi connectivity index (χ2n) is 5.05. The van der Waals surface area contributed by atoms with Gasteiger partial charge in [-0.3, -0.25) is 0 Å². The van der Waals surface area contributed by atoms with E-state index >= 15 is 0 Å². The van der Waals surface area contributed by atoms with Gasteiger partial charge in [-0.25, -0.2) is 0 Å².